The lowest BCUT2D eigenvalue weighted by molar-refractivity contribution is -0.139. The largest absolute Gasteiger partial charge is 0.479 e. The van der Waals surface area contributed by atoms with Crippen LogP contribution in [0.3, 0.4) is 0 Å². The van der Waals surface area contributed by atoms with Gasteiger partial charge in [0, 0.05) is 31.9 Å². The van der Waals surface area contributed by atoms with E-state index in [1.54, 1.807) is 18.1 Å². The van der Waals surface area contributed by atoms with Crippen molar-refractivity contribution in [2.75, 3.05) is 13.1 Å². The lowest BCUT2D eigenvalue weighted by Gasteiger charge is -2.38. The Morgan fingerprint density at radius 3 is 2.71 bits per heavy atom. The van der Waals surface area contributed by atoms with Crippen molar-refractivity contribution in [2.45, 2.75) is 32.7 Å². The van der Waals surface area contributed by atoms with Gasteiger partial charge in [0.15, 0.2) is 6.04 Å². The third-order valence-corrected chi connectivity index (χ3v) is 3.76. The van der Waals surface area contributed by atoms with Gasteiger partial charge in [-0.05, 0) is 18.3 Å². The Morgan fingerprint density at radius 1 is 1.48 bits per heavy atom. The predicted octanol–water partition coefficient (Wildman–Crippen LogP) is 1.38. The second-order valence-corrected chi connectivity index (χ2v) is 6.36. The van der Waals surface area contributed by atoms with Gasteiger partial charge in [0.25, 0.3) is 0 Å². The Labute approximate surface area is 123 Å². The summed E-state index contributed by atoms with van der Waals surface area (Å²) in [7, 11) is 1.71. The van der Waals surface area contributed by atoms with Gasteiger partial charge in [-0.15, -0.1) is 0 Å². The van der Waals surface area contributed by atoms with Gasteiger partial charge < -0.3 is 15.3 Å². The first-order chi connectivity index (χ1) is 9.78. The molecule has 7 heteroatoms. The van der Waals surface area contributed by atoms with Gasteiger partial charge in [-0.2, -0.15) is 5.10 Å². The van der Waals surface area contributed by atoms with Crippen molar-refractivity contribution in [2.24, 2.45) is 12.5 Å². The third-order valence-electron chi connectivity index (χ3n) is 3.76. The number of rotatable bonds is 3. The van der Waals surface area contributed by atoms with Crippen LogP contribution in [0, 0.1) is 5.41 Å². The predicted molar refractivity (Wildman–Crippen MR) is 76.7 cm³/mol. The van der Waals surface area contributed by atoms with Crippen LogP contribution in [-0.4, -0.2) is 44.9 Å². The van der Waals surface area contributed by atoms with Crippen LogP contribution in [0.2, 0.25) is 0 Å². The molecule has 1 unspecified atom stereocenters. The molecular weight excluding hydrogens is 272 g/mol. The quantitative estimate of drug-likeness (QED) is 0.881. The second kappa shape index (κ2) is 5.75. The number of hydrogen-bond donors (Lipinski definition) is 2. The van der Waals surface area contributed by atoms with E-state index in [2.05, 4.69) is 24.3 Å². The fourth-order valence-corrected chi connectivity index (χ4v) is 2.69. The van der Waals surface area contributed by atoms with Crippen LogP contribution in [0.5, 0.6) is 0 Å². The van der Waals surface area contributed by atoms with Crippen LogP contribution >= 0.6 is 0 Å². The number of aromatic nitrogens is 2. The van der Waals surface area contributed by atoms with Crippen LogP contribution in [0.1, 0.15) is 38.3 Å². The average molecular weight is 294 g/mol. The summed E-state index contributed by atoms with van der Waals surface area (Å²) in [6.45, 7) is 5.53. The summed E-state index contributed by atoms with van der Waals surface area (Å²) in [6, 6.07) is -1.41. The monoisotopic (exact) mass is 294 g/mol. The SMILES string of the molecule is Cn1cc(C(NC(=O)N2CCCC(C)(C)C2)C(=O)O)cn1. The minimum Gasteiger partial charge on any atom is -0.479 e. The maximum Gasteiger partial charge on any atom is 0.331 e. The number of amides is 2. The summed E-state index contributed by atoms with van der Waals surface area (Å²) >= 11 is 0. The Hall–Kier alpha value is -2.05. The molecule has 1 aromatic heterocycles. The number of carboxylic acids is 1. The number of hydrogen-bond acceptors (Lipinski definition) is 3. The fraction of sp³-hybridized carbons (Fsp3) is 0.643. The molecule has 1 fully saturated rings. The zero-order chi connectivity index (χ0) is 15.6. The topological polar surface area (TPSA) is 87.5 Å². The molecule has 0 bridgehead atoms. The summed E-state index contributed by atoms with van der Waals surface area (Å²) in [5, 5.41) is 15.9. The van der Waals surface area contributed by atoms with Crippen LogP contribution in [0.25, 0.3) is 0 Å². The molecule has 7 nitrogen and oxygen atoms in total. The average Bonchev–Trinajstić information content (AvgIpc) is 2.80. The normalized spacial score (nSPS) is 19.1. The zero-order valence-electron chi connectivity index (χ0n) is 12.7. The number of nitrogens with one attached hydrogen (secondary N) is 1. The Balaban J connectivity index is 2.07. The number of carbonyl (C=O) groups excluding carboxylic acids is 1. The first-order valence-electron chi connectivity index (χ1n) is 7.05. The Kier molecular flexibility index (Phi) is 4.20. The standard InChI is InChI=1S/C14H22N4O3/c1-14(2)5-4-6-18(9-14)13(21)16-11(12(19)20)10-7-15-17(3)8-10/h7-8,11H,4-6,9H2,1-3H3,(H,16,21)(H,19,20). The van der Waals surface area contributed by atoms with Crippen molar-refractivity contribution in [1.29, 1.82) is 0 Å². The van der Waals surface area contributed by atoms with Crippen LogP contribution in [0.4, 0.5) is 4.79 Å². The van der Waals surface area contributed by atoms with Gasteiger partial charge in [0.1, 0.15) is 0 Å². The summed E-state index contributed by atoms with van der Waals surface area (Å²) in [4.78, 5) is 25.4. The highest BCUT2D eigenvalue weighted by Crippen LogP contribution is 2.28. The number of carboxylic acid groups (broad SMARTS) is 1. The molecule has 21 heavy (non-hydrogen) atoms. The van der Waals surface area contributed by atoms with Crippen molar-refractivity contribution in [3.8, 4) is 0 Å². The molecule has 0 aliphatic carbocycles. The van der Waals surface area contributed by atoms with Crippen molar-refractivity contribution in [1.82, 2.24) is 20.0 Å². The number of nitrogens with zero attached hydrogens (tertiary/aromatic N) is 3. The van der Waals surface area contributed by atoms with E-state index in [4.69, 9.17) is 0 Å². The molecule has 1 aliphatic rings. The fourth-order valence-electron chi connectivity index (χ4n) is 2.69. The molecule has 0 aromatic carbocycles. The van der Waals surface area contributed by atoms with Gasteiger partial charge in [0.2, 0.25) is 0 Å². The molecule has 2 amide bonds. The highest BCUT2D eigenvalue weighted by Gasteiger charge is 2.31. The van der Waals surface area contributed by atoms with Gasteiger partial charge in [0.05, 0.1) is 6.20 Å². The maximum atomic E-state index is 12.3. The van der Waals surface area contributed by atoms with E-state index < -0.39 is 12.0 Å². The highest BCUT2D eigenvalue weighted by atomic mass is 16.4. The number of aryl methyl sites for hydroxylation is 1. The lowest BCUT2D eigenvalue weighted by atomic mass is 9.84. The molecule has 0 spiro atoms. The number of likely N-dealkylation sites (tertiary alicyclic amines) is 1. The van der Waals surface area contributed by atoms with Crippen molar-refractivity contribution < 1.29 is 14.7 Å². The number of carbonyl (C=O) groups is 2. The summed E-state index contributed by atoms with van der Waals surface area (Å²) in [5.74, 6) is -1.09. The van der Waals surface area contributed by atoms with Gasteiger partial charge in [-0.3, -0.25) is 4.68 Å². The van der Waals surface area contributed by atoms with E-state index in [1.807, 2.05) is 0 Å². The van der Waals surface area contributed by atoms with E-state index in [0.29, 0.717) is 18.7 Å². The van der Waals surface area contributed by atoms with Crippen LogP contribution in [0.15, 0.2) is 12.4 Å². The zero-order valence-corrected chi connectivity index (χ0v) is 12.7. The van der Waals surface area contributed by atoms with Crippen molar-refractivity contribution in [3.05, 3.63) is 18.0 Å². The first-order valence-corrected chi connectivity index (χ1v) is 7.05. The van der Waals surface area contributed by atoms with Gasteiger partial charge in [-0.25, -0.2) is 9.59 Å². The first kappa shape index (κ1) is 15.3. The molecule has 116 valence electrons. The van der Waals surface area contributed by atoms with E-state index in [0.717, 1.165) is 12.8 Å². The van der Waals surface area contributed by atoms with Crippen LogP contribution < -0.4 is 5.32 Å². The summed E-state index contributed by atoms with van der Waals surface area (Å²) in [5.41, 5.74) is 0.539. The smallest absolute Gasteiger partial charge is 0.331 e. The lowest BCUT2D eigenvalue weighted by Crippen LogP contribution is -2.49. The molecule has 1 aliphatic heterocycles. The molecule has 0 radical (unpaired) electrons. The third kappa shape index (κ3) is 3.74. The van der Waals surface area contributed by atoms with E-state index >= 15 is 0 Å². The molecule has 1 atom stereocenters. The molecule has 2 N–H and O–H groups in total. The van der Waals surface area contributed by atoms with E-state index in [9.17, 15) is 14.7 Å². The second-order valence-electron chi connectivity index (χ2n) is 6.36. The molecule has 2 heterocycles. The van der Waals surface area contributed by atoms with Gasteiger partial charge >= 0.3 is 12.0 Å². The van der Waals surface area contributed by atoms with Crippen molar-refractivity contribution in [3.63, 3.8) is 0 Å². The molecule has 0 saturated carbocycles. The number of piperidine rings is 1. The number of aliphatic carboxylic acids is 1. The van der Waals surface area contributed by atoms with E-state index in [-0.39, 0.29) is 11.4 Å². The van der Waals surface area contributed by atoms with Crippen molar-refractivity contribution >= 4 is 12.0 Å². The Morgan fingerprint density at radius 2 is 2.19 bits per heavy atom. The summed E-state index contributed by atoms with van der Waals surface area (Å²) < 4.78 is 1.52. The van der Waals surface area contributed by atoms with Crippen LogP contribution in [-0.2, 0) is 11.8 Å². The number of urea groups is 1. The maximum absolute atomic E-state index is 12.3. The minimum absolute atomic E-state index is 0.0720. The van der Waals surface area contributed by atoms with E-state index in [1.165, 1.54) is 10.9 Å². The molecule has 1 aromatic rings. The highest BCUT2D eigenvalue weighted by molar-refractivity contribution is 5.83. The van der Waals surface area contributed by atoms with Gasteiger partial charge in [-0.1, -0.05) is 13.8 Å². The summed E-state index contributed by atoms with van der Waals surface area (Å²) in [6.07, 6.45) is 5.06. The molecule has 1 saturated heterocycles. The molecular formula is C14H22N4O3. The minimum atomic E-state index is -1.09. The Bertz CT molecular complexity index is 538. The molecule has 2 rings (SSSR count).